The molecule has 0 unspecified atom stereocenters. The summed E-state index contributed by atoms with van der Waals surface area (Å²) in [5, 5.41) is -0.183. The van der Waals surface area contributed by atoms with Gasteiger partial charge in [0.05, 0.1) is 14.7 Å². The Morgan fingerprint density at radius 1 is 0.667 bits per heavy atom. The van der Waals surface area contributed by atoms with Gasteiger partial charge in [-0.25, -0.2) is 21.8 Å². The molecule has 0 spiro atoms. The number of rotatable bonds is 6. The van der Waals surface area contributed by atoms with Crippen molar-refractivity contribution < 1.29 is 16.8 Å². The van der Waals surface area contributed by atoms with Crippen molar-refractivity contribution in [2.45, 2.75) is 59.2 Å². The molecule has 1 aromatic heterocycles. The zero-order chi connectivity index (χ0) is 22.1. The molecule has 0 atom stereocenters. The van der Waals surface area contributed by atoms with Gasteiger partial charge in [0.1, 0.15) is 0 Å². The Balaban J connectivity index is 2.24. The van der Waals surface area contributed by atoms with Crippen molar-refractivity contribution in [3.05, 3.63) is 78.0 Å². The Labute approximate surface area is 178 Å². The number of hydrogen-bond donors (Lipinski definition) is 0. The van der Waals surface area contributed by atoms with E-state index in [0.717, 1.165) is 11.1 Å². The van der Waals surface area contributed by atoms with Gasteiger partial charge in [0, 0.05) is 6.20 Å². The van der Waals surface area contributed by atoms with E-state index in [1.54, 1.807) is 30.3 Å². The maximum absolute atomic E-state index is 13.4. The Bertz CT molecular complexity index is 1250. The van der Waals surface area contributed by atoms with Crippen LogP contribution in [0.1, 0.15) is 50.7 Å². The summed E-state index contributed by atoms with van der Waals surface area (Å²) in [6.07, 6.45) is 1.37. The summed E-state index contributed by atoms with van der Waals surface area (Å²) >= 11 is 0. The van der Waals surface area contributed by atoms with Crippen LogP contribution in [0, 0.1) is 0 Å². The van der Waals surface area contributed by atoms with Crippen LogP contribution in [0.5, 0.6) is 0 Å². The SMILES string of the molecule is CC(C)c1ccc(S(=O)(=O)c2ccc(C(C)C)cc2S(=O)(=O)c2ccccn2)cc1. The lowest BCUT2D eigenvalue weighted by atomic mass is 10.0. The molecule has 0 amide bonds. The molecule has 0 bridgehead atoms. The first-order valence-electron chi connectivity index (χ1n) is 9.70. The second-order valence-corrected chi connectivity index (χ2v) is 11.5. The Morgan fingerprint density at radius 3 is 1.80 bits per heavy atom. The average Bonchev–Trinajstić information content (AvgIpc) is 2.74. The highest BCUT2D eigenvalue weighted by atomic mass is 32.2. The zero-order valence-corrected chi connectivity index (χ0v) is 19.0. The van der Waals surface area contributed by atoms with Gasteiger partial charge in [0.25, 0.3) is 0 Å². The standard InChI is InChI=1S/C23H25NO4S2/c1-16(2)18-8-11-20(12-9-18)29(25,26)21-13-10-19(17(3)4)15-22(21)30(27,28)23-7-5-6-14-24-23/h5-17H,1-4H3. The Hall–Kier alpha value is -2.51. The molecule has 0 fully saturated rings. The van der Waals surface area contributed by atoms with Gasteiger partial charge in [0.2, 0.25) is 19.7 Å². The Kier molecular flexibility index (Phi) is 6.15. The van der Waals surface area contributed by atoms with Crippen LogP contribution in [0.3, 0.4) is 0 Å². The van der Waals surface area contributed by atoms with E-state index in [2.05, 4.69) is 4.98 Å². The van der Waals surface area contributed by atoms with E-state index in [9.17, 15) is 16.8 Å². The van der Waals surface area contributed by atoms with Crippen LogP contribution in [0.25, 0.3) is 0 Å². The second kappa shape index (κ2) is 8.32. The van der Waals surface area contributed by atoms with E-state index in [4.69, 9.17) is 0 Å². The summed E-state index contributed by atoms with van der Waals surface area (Å²) in [6.45, 7) is 7.88. The second-order valence-electron chi connectivity index (χ2n) is 7.76. The monoisotopic (exact) mass is 443 g/mol. The number of nitrogens with zero attached hydrogens (tertiary/aromatic N) is 1. The highest BCUT2D eigenvalue weighted by molar-refractivity contribution is 7.94. The first-order chi connectivity index (χ1) is 14.0. The molecule has 0 saturated heterocycles. The lowest BCUT2D eigenvalue weighted by Gasteiger charge is -2.15. The summed E-state index contributed by atoms with van der Waals surface area (Å²) in [4.78, 5) is 3.51. The maximum Gasteiger partial charge on any atom is 0.225 e. The van der Waals surface area contributed by atoms with E-state index in [1.165, 1.54) is 36.5 Å². The van der Waals surface area contributed by atoms with Crippen LogP contribution in [0.2, 0.25) is 0 Å². The lowest BCUT2D eigenvalue weighted by molar-refractivity contribution is 0.580. The van der Waals surface area contributed by atoms with E-state index in [-0.39, 0.29) is 31.5 Å². The fourth-order valence-electron chi connectivity index (χ4n) is 3.09. The van der Waals surface area contributed by atoms with Crippen molar-refractivity contribution in [1.82, 2.24) is 4.98 Å². The molecule has 7 heteroatoms. The van der Waals surface area contributed by atoms with Gasteiger partial charge in [0.15, 0.2) is 5.03 Å². The third-order valence-electron chi connectivity index (χ3n) is 4.98. The number of aromatic nitrogens is 1. The van der Waals surface area contributed by atoms with Gasteiger partial charge in [-0.1, -0.05) is 52.0 Å². The minimum Gasteiger partial charge on any atom is -0.244 e. The van der Waals surface area contributed by atoms with Crippen molar-refractivity contribution >= 4 is 19.7 Å². The molecule has 0 aliphatic carbocycles. The molecule has 158 valence electrons. The Morgan fingerprint density at radius 2 is 1.27 bits per heavy atom. The molecule has 3 rings (SSSR count). The molecule has 0 aliphatic rings. The predicted molar refractivity (Wildman–Crippen MR) is 116 cm³/mol. The van der Waals surface area contributed by atoms with Gasteiger partial charge in [-0.3, -0.25) is 0 Å². The summed E-state index contributed by atoms with van der Waals surface area (Å²) in [6, 6.07) is 15.6. The number of pyridine rings is 1. The largest absolute Gasteiger partial charge is 0.244 e. The number of hydrogen-bond acceptors (Lipinski definition) is 5. The van der Waals surface area contributed by atoms with Gasteiger partial charge in [-0.2, -0.15) is 0 Å². The van der Waals surface area contributed by atoms with Crippen molar-refractivity contribution in [3.8, 4) is 0 Å². The molecule has 5 nitrogen and oxygen atoms in total. The molecule has 0 N–H and O–H groups in total. The third kappa shape index (κ3) is 4.18. The summed E-state index contributed by atoms with van der Waals surface area (Å²) in [7, 11) is -8.18. The van der Waals surface area contributed by atoms with Crippen molar-refractivity contribution in [2.24, 2.45) is 0 Å². The zero-order valence-electron chi connectivity index (χ0n) is 17.4. The predicted octanol–water partition coefficient (Wildman–Crippen LogP) is 4.99. The fourth-order valence-corrected chi connectivity index (χ4v) is 6.38. The fraction of sp³-hybridized carbons (Fsp3) is 0.261. The van der Waals surface area contributed by atoms with Crippen LogP contribution in [-0.2, 0) is 19.7 Å². The molecule has 0 saturated carbocycles. The van der Waals surface area contributed by atoms with E-state index in [1.807, 2.05) is 27.7 Å². The van der Waals surface area contributed by atoms with Crippen LogP contribution in [0.4, 0.5) is 0 Å². The first-order valence-corrected chi connectivity index (χ1v) is 12.7. The van der Waals surface area contributed by atoms with E-state index < -0.39 is 19.7 Å². The maximum atomic E-state index is 13.4. The smallest absolute Gasteiger partial charge is 0.225 e. The van der Waals surface area contributed by atoms with Gasteiger partial charge >= 0.3 is 0 Å². The highest BCUT2D eigenvalue weighted by Crippen LogP contribution is 2.33. The van der Waals surface area contributed by atoms with Crippen LogP contribution >= 0.6 is 0 Å². The van der Waals surface area contributed by atoms with Crippen molar-refractivity contribution in [3.63, 3.8) is 0 Å². The van der Waals surface area contributed by atoms with Crippen molar-refractivity contribution in [1.29, 1.82) is 0 Å². The molecule has 3 aromatic rings. The minimum absolute atomic E-state index is 0.0322. The van der Waals surface area contributed by atoms with Gasteiger partial charge < -0.3 is 0 Å². The summed E-state index contributed by atoms with van der Waals surface area (Å²) in [5.41, 5.74) is 1.74. The van der Waals surface area contributed by atoms with Gasteiger partial charge in [-0.05, 0) is 59.4 Å². The molecular formula is C23H25NO4S2. The van der Waals surface area contributed by atoms with E-state index in [0.29, 0.717) is 0 Å². The average molecular weight is 444 g/mol. The third-order valence-corrected chi connectivity index (χ3v) is 8.65. The highest BCUT2D eigenvalue weighted by Gasteiger charge is 2.30. The first kappa shape index (κ1) is 22.2. The topological polar surface area (TPSA) is 81.2 Å². The summed E-state index contributed by atoms with van der Waals surface area (Å²) in [5.74, 6) is 0.289. The minimum atomic E-state index is -4.13. The van der Waals surface area contributed by atoms with E-state index >= 15 is 0 Å². The molecule has 30 heavy (non-hydrogen) atoms. The number of benzene rings is 2. The lowest BCUT2D eigenvalue weighted by Crippen LogP contribution is -2.13. The molecule has 1 heterocycles. The van der Waals surface area contributed by atoms with Crippen LogP contribution in [-0.4, -0.2) is 21.8 Å². The molecule has 0 radical (unpaired) electrons. The molecule has 2 aromatic carbocycles. The van der Waals surface area contributed by atoms with Crippen LogP contribution in [0.15, 0.2) is 86.6 Å². The normalized spacial score (nSPS) is 12.5. The quantitative estimate of drug-likeness (QED) is 0.536. The van der Waals surface area contributed by atoms with Crippen LogP contribution < -0.4 is 0 Å². The number of sulfone groups is 2. The van der Waals surface area contributed by atoms with Crippen molar-refractivity contribution in [2.75, 3.05) is 0 Å². The summed E-state index contributed by atoms with van der Waals surface area (Å²) < 4.78 is 53.5. The molecular weight excluding hydrogens is 418 g/mol. The molecule has 0 aliphatic heterocycles. The van der Waals surface area contributed by atoms with Gasteiger partial charge in [-0.15, -0.1) is 0 Å².